The molecule has 1 aromatic heterocycles. The van der Waals surface area contributed by atoms with E-state index in [4.69, 9.17) is 4.74 Å². The molecule has 4 nitrogen and oxygen atoms in total. The van der Waals surface area contributed by atoms with Gasteiger partial charge in [-0.3, -0.25) is 9.88 Å². The monoisotopic (exact) mass is 400 g/mol. The Morgan fingerprint density at radius 3 is 2.73 bits per heavy atom. The molecule has 0 aliphatic carbocycles. The van der Waals surface area contributed by atoms with Crippen LogP contribution in [0.2, 0.25) is 0 Å². The molecular formula is C26H28N2O2. The zero-order valence-corrected chi connectivity index (χ0v) is 17.4. The molecule has 0 saturated carbocycles. The zero-order chi connectivity index (χ0) is 20.7. The van der Waals surface area contributed by atoms with Gasteiger partial charge in [-0.25, -0.2) is 0 Å². The number of aromatic nitrogens is 1. The van der Waals surface area contributed by atoms with E-state index in [1.54, 1.807) is 13.3 Å². The lowest BCUT2D eigenvalue weighted by Gasteiger charge is -2.54. The molecule has 3 aromatic rings. The van der Waals surface area contributed by atoms with Crippen molar-refractivity contribution in [2.45, 2.75) is 24.5 Å². The van der Waals surface area contributed by atoms with Crippen LogP contribution in [0.15, 0.2) is 73.4 Å². The molecule has 6 rings (SSSR count). The fourth-order valence-corrected chi connectivity index (χ4v) is 5.57. The summed E-state index contributed by atoms with van der Waals surface area (Å²) in [6.45, 7) is 6.03. The lowest BCUT2D eigenvalue weighted by Crippen LogP contribution is -2.61. The molecule has 0 spiro atoms. The standard InChI is InChI=1S/C26H28N2O2/c1-3-18-17-28-14-12-19(18)15-25(28)26(29,20-7-5-4-6-8-20)23-11-13-27-24-10-9-21(30-2)16-22(23)24/h3-11,13,16,18-19,25,29H,1,12,14-15,17H2,2H3/t18-,19-,25-,26-/m0/s1. The minimum absolute atomic E-state index is 0.00616. The van der Waals surface area contributed by atoms with Crippen LogP contribution in [0.25, 0.3) is 10.9 Å². The van der Waals surface area contributed by atoms with Crippen molar-refractivity contribution in [3.05, 3.63) is 84.6 Å². The summed E-state index contributed by atoms with van der Waals surface area (Å²) in [7, 11) is 1.67. The van der Waals surface area contributed by atoms with Gasteiger partial charge in [0.2, 0.25) is 0 Å². The third-order valence-electron chi connectivity index (χ3n) is 7.16. The average molecular weight is 401 g/mol. The molecule has 0 radical (unpaired) electrons. The zero-order valence-electron chi connectivity index (χ0n) is 17.4. The van der Waals surface area contributed by atoms with Gasteiger partial charge in [0, 0.05) is 29.7 Å². The number of pyridine rings is 1. The fraction of sp³-hybridized carbons (Fsp3) is 0.346. The van der Waals surface area contributed by atoms with Gasteiger partial charge in [-0.1, -0.05) is 36.4 Å². The number of fused-ring (bicyclic) bond motifs is 4. The summed E-state index contributed by atoms with van der Waals surface area (Å²) in [5.41, 5.74) is 1.54. The van der Waals surface area contributed by atoms with Crippen molar-refractivity contribution in [2.24, 2.45) is 11.8 Å². The predicted molar refractivity (Wildman–Crippen MR) is 120 cm³/mol. The van der Waals surface area contributed by atoms with Crippen LogP contribution in [0.1, 0.15) is 24.0 Å². The second kappa shape index (κ2) is 7.53. The summed E-state index contributed by atoms with van der Waals surface area (Å²) in [6, 6.07) is 18.0. The van der Waals surface area contributed by atoms with Crippen molar-refractivity contribution >= 4 is 10.9 Å². The van der Waals surface area contributed by atoms with Crippen LogP contribution >= 0.6 is 0 Å². The molecule has 0 amide bonds. The maximum Gasteiger partial charge on any atom is 0.131 e. The molecule has 3 aliphatic rings. The van der Waals surface area contributed by atoms with Gasteiger partial charge in [-0.15, -0.1) is 6.58 Å². The van der Waals surface area contributed by atoms with Gasteiger partial charge in [-0.05, 0) is 61.1 Å². The highest BCUT2D eigenvalue weighted by Gasteiger charge is 2.50. The SMILES string of the molecule is C=C[C@H]1CN2CC[C@H]1C[C@H]2[C@](O)(c1ccccc1)c1ccnc2ccc(OC)cc12. The second-order valence-corrected chi connectivity index (χ2v) is 8.57. The van der Waals surface area contributed by atoms with Gasteiger partial charge in [0.25, 0.3) is 0 Å². The van der Waals surface area contributed by atoms with E-state index >= 15 is 0 Å². The molecule has 1 unspecified atom stereocenters. The van der Waals surface area contributed by atoms with Gasteiger partial charge >= 0.3 is 0 Å². The smallest absolute Gasteiger partial charge is 0.131 e. The fourth-order valence-electron chi connectivity index (χ4n) is 5.57. The van der Waals surface area contributed by atoms with Crippen molar-refractivity contribution in [3.8, 4) is 5.75 Å². The second-order valence-electron chi connectivity index (χ2n) is 8.57. The van der Waals surface area contributed by atoms with E-state index in [2.05, 4.69) is 22.5 Å². The largest absolute Gasteiger partial charge is 0.497 e. The van der Waals surface area contributed by atoms with Crippen LogP contribution in [-0.2, 0) is 5.60 Å². The Kier molecular flexibility index (Phi) is 4.84. The summed E-state index contributed by atoms with van der Waals surface area (Å²) in [5.74, 6) is 1.84. The number of piperidine rings is 3. The van der Waals surface area contributed by atoms with E-state index < -0.39 is 5.60 Å². The maximum atomic E-state index is 12.6. The van der Waals surface area contributed by atoms with Crippen LogP contribution in [0.5, 0.6) is 5.75 Å². The average Bonchev–Trinajstić information content (AvgIpc) is 2.83. The Bertz CT molecular complexity index is 1070. The highest BCUT2D eigenvalue weighted by Crippen LogP contribution is 2.47. The van der Waals surface area contributed by atoms with E-state index in [-0.39, 0.29) is 6.04 Å². The number of hydrogen-bond donors (Lipinski definition) is 1. The molecular weight excluding hydrogens is 372 g/mol. The lowest BCUT2D eigenvalue weighted by atomic mass is 9.67. The van der Waals surface area contributed by atoms with E-state index in [1.807, 2.05) is 54.6 Å². The van der Waals surface area contributed by atoms with E-state index in [0.717, 1.165) is 47.3 Å². The van der Waals surface area contributed by atoms with Crippen molar-refractivity contribution in [1.29, 1.82) is 0 Å². The molecule has 4 heterocycles. The van der Waals surface area contributed by atoms with Crippen molar-refractivity contribution in [2.75, 3.05) is 20.2 Å². The summed E-state index contributed by atoms with van der Waals surface area (Å²) in [6.07, 6.45) is 6.03. The molecule has 3 fully saturated rings. The topological polar surface area (TPSA) is 45.6 Å². The maximum absolute atomic E-state index is 12.6. The predicted octanol–water partition coefficient (Wildman–Crippen LogP) is 4.38. The van der Waals surface area contributed by atoms with Crippen LogP contribution in [-0.4, -0.2) is 41.2 Å². The molecule has 30 heavy (non-hydrogen) atoms. The third-order valence-corrected chi connectivity index (χ3v) is 7.16. The number of aliphatic hydroxyl groups is 1. The summed E-state index contributed by atoms with van der Waals surface area (Å²) in [5, 5.41) is 13.5. The highest BCUT2D eigenvalue weighted by atomic mass is 16.5. The molecule has 2 bridgehead atoms. The molecule has 1 N–H and O–H groups in total. The first kappa shape index (κ1) is 19.3. The Labute approximate surface area is 177 Å². The lowest BCUT2D eigenvalue weighted by molar-refractivity contribution is -0.0867. The number of nitrogens with zero attached hydrogens (tertiary/aromatic N) is 2. The van der Waals surface area contributed by atoms with Gasteiger partial charge in [0.15, 0.2) is 0 Å². The normalized spacial score (nSPS) is 27.5. The Balaban J connectivity index is 1.72. The van der Waals surface area contributed by atoms with Crippen LogP contribution in [0.4, 0.5) is 0 Å². The van der Waals surface area contributed by atoms with Crippen LogP contribution in [0.3, 0.4) is 0 Å². The number of hydrogen-bond acceptors (Lipinski definition) is 4. The molecule has 2 aromatic carbocycles. The number of ether oxygens (including phenoxy) is 1. The van der Waals surface area contributed by atoms with Crippen LogP contribution < -0.4 is 4.74 Å². The Morgan fingerprint density at radius 1 is 1.20 bits per heavy atom. The van der Waals surface area contributed by atoms with Crippen molar-refractivity contribution in [3.63, 3.8) is 0 Å². The van der Waals surface area contributed by atoms with Crippen LogP contribution in [0, 0.1) is 11.8 Å². The van der Waals surface area contributed by atoms with Gasteiger partial charge < -0.3 is 9.84 Å². The van der Waals surface area contributed by atoms with Gasteiger partial charge in [0.05, 0.1) is 12.6 Å². The molecule has 3 saturated heterocycles. The van der Waals surface area contributed by atoms with Gasteiger partial charge in [-0.2, -0.15) is 0 Å². The van der Waals surface area contributed by atoms with Crippen molar-refractivity contribution in [1.82, 2.24) is 9.88 Å². The molecule has 4 heteroatoms. The third kappa shape index (κ3) is 2.94. The summed E-state index contributed by atoms with van der Waals surface area (Å²) >= 11 is 0. The van der Waals surface area contributed by atoms with E-state index in [9.17, 15) is 5.11 Å². The first-order valence-corrected chi connectivity index (χ1v) is 10.7. The first-order valence-electron chi connectivity index (χ1n) is 10.7. The number of rotatable bonds is 5. The molecule has 5 atom stereocenters. The quantitative estimate of drug-likeness (QED) is 0.646. The Morgan fingerprint density at radius 2 is 2.03 bits per heavy atom. The molecule has 3 aliphatic heterocycles. The minimum atomic E-state index is -1.14. The Hall–Kier alpha value is -2.69. The number of benzene rings is 2. The highest BCUT2D eigenvalue weighted by molar-refractivity contribution is 5.85. The van der Waals surface area contributed by atoms with E-state index in [0.29, 0.717) is 11.8 Å². The summed E-state index contributed by atoms with van der Waals surface area (Å²) < 4.78 is 5.49. The van der Waals surface area contributed by atoms with Crippen molar-refractivity contribution < 1.29 is 9.84 Å². The minimum Gasteiger partial charge on any atom is -0.497 e. The van der Waals surface area contributed by atoms with Gasteiger partial charge in [0.1, 0.15) is 11.4 Å². The number of methoxy groups -OCH3 is 1. The first-order chi connectivity index (χ1) is 14.6. The van der Waals surface area contributed by atoms with E-state index in [1.165, 1.54) is 6.42 Å². The molecule has 154 valence electrons. The summed E-state index contributed by atoms with van der Waals surface area (Å²) in [4.78, 5) is 7.01.